The summed E-state index contributed by atoms with van der Waals surface area (Å²) in [6.45, 7) is 3.80. The fourth-order valence-corrected chi connectivity index (χ4v) is 10.9. The number of phenols is 1. The fraction of sp³-hybridized carbons (Fsp3) is 0.282. The number of rotatable bonds is 3. The number of aromatic hydroxyl groups is 1. The summed E-state index contributed by atoms with van der Waals surface area (Å²) in [5.41, 5.74) is 7.25. The van der Waals surface area contributed by atoms with Crippen molar-refractivity contribution in [3.63, 3.8) is 0 Å². The van der Waals surface area contributed by atoms with Crippen molar-refractivity contribution in [1.82, 2.24) is 14.7 Å². The maximum atomic E-state index is 15.1. The van der Waals surface area contributed by atoms with Crippen LogP contribution in [0.1, 0.15) is 36.8 Å². The molecule has 52 heavy (non-hydrogen) atoms. The summed E-state index contributed by atoms with van der Waals surface area (Å²) in [6, 6.07) is 17.0. The molecular formula is C39H32ClN5O6S. The molecule has 3 fully saturated rings. The number of fused-ring (bicyclic) bond motifs is 6. The maximum absolute atomic E-state index is 15.1. The minimum absolute atomic E-state index is 0.0661. The van der Waals surface area contributed by atoms with Crippen molar-refractivity contribution in [2.45, 2.75) is 32.6 Å². The molecule has 5 aromatic rings. The third kappa shape index (κ3) is 4.19. The minimum Gasteiger partial charge on any atom is -0.507 e. The van der Waals surface area contributed by atoms with E-state index in [2.05, 4.69) is 0 Å². The highest BCUT2D eigenvalue weighted by Gasteiger charge is 2.68. The van der Waals surface area contributed by atoms with Gasteiger partial charge in [-0.2, -0.15) is 10.00 Å². The van der Waals surface area contributed by atoms with Crippen LogP contribution in [0.25, 0.3) is 31.4 Å². The number of allylic oxidation sites excluding steroid dienone is 2. The topological polar surface area (TPSA) is 156 Å². The number of carbonyl (C=O) groups excluding carboxylic acids is 5. The number of benzene rings is 3. The number of urea groups is 1. The summed E-state index contributed by atoms with van der Waals surface area (Å²) in [5.74, 6) is -5.74. The molecule has 2 aliphatic carbocycles. The molecule has 3 aromatic carbocycles. The second-order valence-electron chi connectivity index (χ2n) is 14.4. The molecule has 9 rings (SSSR count). The van der Waals surface area contributed by atoms with Gasteiger partial charge in [-0.05, 0) is 78.8 Å². The van der Waals surface area contributed by atoms with Crippen LogP contribution in [0.4, 0.5) is 10.6 Å². The van der Waals surface area contributed by atoms with Gasteiger partial charge in [0.25, 0.3) is 0 Å². The van der Waals surface area contributed by atoms with Gasteiger partial charge in [0.2, 0.25) is 23.6 Å². The van der Waals surface area contributed by atoms with Crippen molar-refractivity contribution in [3.05, 3.63) is 88.5 Å². The Kier molecular flexibility index (Phi) is 6.94. The molecule has 0 radical (unpaired) electrons. The normalized spacial score (nSPS) is 27.0. The van der Waals surface area contributed by atoms with Crippen LogP contribution < -0.4 is 10.6 Å². The molecule has 262 valence electrons. The Bertz CT molecular complexity index is 2520. The number of aromatic nitrogens is 2. The Morgan fingerprint density at radius 1 is 0.981 bits per heavy atom. The van der Waals surface area contributed by atoms with Gasteiger partial charge in [-0.25, -0.2) is 9.69 Å². The van der Waals surface area contributed by atoms with Crippen LogP contribution in [-0.2, 0) is 26.2 Å². The third-order valence-corrected chi connectivity index (χ3v) is 13.5. The van der Waals surface area contributed by atoms with Gasteiger partial charge in [-0.1, -0.05) is 53.6 Å². The lowest BCUT2D eigenvalue weighted by atomic mass is 9.51. The summed E-state index contributed by atoms with van der Waals surface area (Å²) in [4.78, 5) is 72.1. The molecule has 6 amide bonds. The number of hydrogen-bond acceptors (Lipinski definition) is 8. The number of nitrogens with two attached hydrogens (primary N) is 1. The number of hydrogen-bond donors (Lipinski definition) is 2. The number of anilines is 1. The number of thiophene rings is 1. The summed E-state index contributed by atoms with van der Waals surface area (Å²) in [7, 11) is 1.70. The van der Waals surface area contributed by atoms with Crippen molar-refractivity contribution in [2.75, 3.05) is 4.90 Å². The van der Waals surface area contributed by atoms with Gasteiger partial charge in [0.1, 0.15) is 17.3 Å². The second-order valence-corrected chi connectivity index (χ2v) is 15.9. The standard InChI is InChI=1S/C39H32ClN5O6S/c1-17-24-14-18(40)8-13-29(24)52-33(17)27-16-30(43(3)42-27)44-35(48)26-15-25-22(9-10-23-31(25)36(49)45(34(23)47)38(41)51)32(39(26,2)37(44)50)21-11-12-28(46)20-7-5-4-6-19(20)21/h4-9,11-14,16,23,25-26,31-32,46H,10,15H2,1-3H3,(H2,41,51). The van der Waals surface area contributed by atoms with Crippen LogP contribution in [-0.4, -0.2) is 49.4 Å². The largest absolute Gasteiger partial charge is 0.507 e. The molecule has 6 atom stereocenters. The zero-order valence-electron chi connectivity index (χ0n) is 28.3. The number of nitrogens with zero attached hydrogens (tertiary/aromatic N) is 4. The Labute approximate surface area is 306 Å². The Morgan fingerprint density at radius 3 is 2.48 bits per heavy atom. The van der Waals surface area contributed by atoms with Crippen molar-refractivity contribution < 1.29 is 29.1 Å². The van der Waals surface area contributed by atoms with Crippen LogP contribution in [0.2, 0.25) is 5.02 Å². The number of imide groups is 4. The smallest absolute Gasteiger partial charge is 0.328 e. The van der Waals surface area contributed by atoms with Crippen molar-refractivity contribution >= 4 is 79.3 Å². The monoisotopic (exact) mass is 733 g/mol. The van der Waals surface area contributed by atoms with Gasteiger partial charge in [0.05, 0.1) is 28.0 Å². The van der Waals surface area contributed by atoms with Gasteiger partial charge in [0, 0.05) is 34.1 Å². The first-order valence-electron chi connectivity index (χ1n) is 17.0. The predicted octanol–water partition coefficient (Wildman–Crippen LogP) is 6.43. The number of carbonyl (C=O) groups is 5. The van der Waals surface area contributed by atoms with Crippen molar-refractivity contribution in [3.8, 4) is 16.3 Å². The first-order valence-corrected chi connectivity index (χ1v) is 18.2. The number of phenolic OH excluding ortho intramolecular Hbond substituents is 1. The van der Waals surface area contributed by atoms with Crippen LogP contribution in [0.15, 0.2) is 72.3 Å². The van der Waals surface area contributed by atoms with E-state index < -0.39 is 64.7 Å². The van der Waals surface area contributed by atoms with Crippen molar-refractivity contribution in [1.29, 1.82) is 0 Å². The molecule has 2 saturated heterocycles. The molecule has 0 bridgehead atoms. The lowest BCUT2D eigenvalue weighted by Gasteiger charge is -2.49. The summed E-state index contributed by atoms with van der Waals surface area (Å²) in [6.07, 6.45) is 2.20. The molecule has 0 spiro atoms. The van der Waals surface area contributed by atoms with Gasteiger partial charge in [-0.15, -0.1) is 11.3 Å². The lowest BCUT2D eigenvalue weighted by Crippen LogP contribution is -2.49. The van der Waals surface area contributed by atoms with E-state index in [1.165, 1.54) is 4.90 Å². The summed E-state index contributed by atoms with van der Waals surface area (Å²) < 4.78 is 2.57. The number of amides is 6. The average molecular weight is 734 g/mol. The van der Waals surface area contributed by atoms with Crippen LogP contribution in [0, 0.1) is 36.0 Å². The Morgan fingerprint density at radius 2 is 1.73 bits per heavy atom. The number of aryl methyl sites for hydroxylation is 2. The molecule has 2 aliphatic heterocycles. The number of likely N-dealkylation sites (tertiary alicyclic amines) is 1. The maximum Gasteiger partial charge on any atom is 0.328 e. The average Bonchev–Trinajstić information content (AvgIpc) is 3.79. The fourth-order valence-electron chi connectivity index (χ4n) is 9.57. The van der Waals surface area contributed by atoms with Gasteiger partial charge in [-0.3, -0.25) is 23.9 Å². The van der Waals surface area contributed by atoms with E-state index in [1.54, 1.807) is 47.3 Å². The third-order valence-electron chi connectivity index (χ3n) is 12.0. The summed E-state index contributed by atoms with van der Waals surface area (Å²) in [5, 5.41) is 18.5. The molecule has 13 heteroatoms. The van der Waals surface area contributed by atoms with E-state index in [-0.39, 0.29) is 18.6 Å². The number of halogens is 1. The molecule has 2 aromatic heterocycles. The highest BCUT2D eigenvalue weighted by atomic mass is 35.5. The van der Waals surface area contributed by atoms with Gasteiger partial charge in [0.15, 0.2) is 0 Å². The van der Waals surface area contributed by atoms with E-state index in [0.717, 1.165) is 26.1 Å². The van der Waals surface area contributed by atoms with E-state index in [4.69, 9.17) is 22.4 Å². The van der Waals surface area contributed by atoms with Crippen molar-refractivity contribution in [2.24, 2.45) is 41.9 Å². The molecule has 11 nitrogen and oxygen atoms in total. The molecule has 6 unspecified atom stereocenters. The Hall–Kier alpha value is -5.33. The second kappa shape index (κ2) is 11.1. The van der Waals surface area contributed by atoms with E-state index >= 15 is 4.79 Å². The molecule has 3 N–H and O–H groups in total. The van der Waals surface area contributed by atoms with Crippen LogP contribution in [0.3, 0.4) is 0 Å². The van der Waals surface area contributed by atoms with E-state index in [1.807, 2.05) is 56.3 Å². The molecule has 1 saturated carbocycles. The molecule has 4 aliphatic rings. The van der Waals surface area contributed by atoms with Crippen LogP contribution in [0.5, 0.6) is 5.75 Å². The summed E-state index contributed by atoms with van der Waals surface area (Å²) >= 11 is 7.85. The molecular weight excluding hydrogens is 702 g/mol. The Balaban J connectivity index is 1.21. The lowest BCUT2D eigenvalue weighted by molar-refractivity contribution is -0.136. The van der Waals surface area contributed by atoms with Gasteiger partial charge < -0.3 is 10.8 Å². The zero-order valence-corrected chi connectivity index (χ0v) is 29.9. The van der Waals surface area contributed by atoms with Gasteiger partial charge >= 0.3 is 6.03 Å². The SMILES string of the molecule is Cc1c(-c2cc(N3C(=O)C4CC5C(=CCC6C(=O)N(C(N)=O)C(=O)C65)C(c5ccc(O)c6ccccc56)C4(C)C3=O)n(C)n2)sc2ccc(Cl)cc12. The van der Waals surface area contributed by atoms with E-state index in [9.17, 15) is 24.3 Å². The van der Waals surface area contributed by atoms with E-state index in [0.29, 0.717) is 37.8 Å². The predicted molar refractivity (Wildman–Crippen MR) is 195 cm³/mol. The number of primary amides is 1. The highest BCUT2D eigenvalue weighted by molar-refractivity contribution is 7.22. The minimum atomic E-state index is -1.32. The first kappa shape index (κ1) is 32.6. The molecule has 4 heterocycles. The van der Waals surface area contributed by atoms with Crippen LogP contribution >= 0.6 is 22.9 Å². The quantitative estimate of drug-likeness (QED) is 0.160. The first-order chi connectivity index (χ1) is 24.8. The highest BCUT2D eigenvalue weighted by Crippen LogP contribution is 2.64. The zero-order chi connectivity index (χ0) is 36.5.